The van der Waals surface area contributed by atoms with E-state index >= 15 is 0 Å². The van der Waals surface area contributed by atoms with E-state index in [2.05, 4.69) is 21.7 Å². The molecule has 0 fully saturated rings. The largest absolute Gasteiger partial charge is 0.482 e. The smallest absolute Gasteiger partial charge is 0.262 e. The third-order valence-electron chi connectivity index (χ3n) is 4.05. The molecule has 3 aromatic rings. The molecule has 0 atom stereocenters. The molecular formula is C20H17N3O3S. The number of ether oxygens (including phenoxy) is 1. The molecule has 2 heterocycles. The summed E-state index contributed by atoms with van der Waals surface area (Å²) in [4.78, 5) is 28.3. The quantitative estimate of drug-likeness (QED) is 0.725. The normalized spacial score (nSPS) is 12.7. The van der Waals surface area contributed by atoms with E-state index in [0.717, 1.165) is 16.3 Å². The fraction of sp³-hybridized carbons (Fsp3) is 0.150. The minimum absolute atomic E-state index is 0.00576. The number of rotatable bonds is 4. The molecule has 0 bridgehead atoms. The van der Waals surface area contributed by atoms with E-state index in [1.165, 1.54) is 16.9 Å². The Morgan fingerprint density at radius 1 is 1.30 bits per heavy atom. The van der Waals surface area contributed by atoms with Gasteiger partial charge in [-0.2, -0.15) is 0 Å². The van der Waals surface area contributed by atoms with Gasteiger partial charge in [0.05, 0.1) is 17.8 Å². The van der Waals surface area contributed by atoms with E-state index in [1.807, 2.05) is 30.5 Å². The van der Waals surface area contributed by atoms with Crippen LogP contribution in [0.15, 0.2) is 47.8 Å². The number of carbonyl (C=O) groups is 2. The van der Waals surface area contributed by atoms with Gasteiger partial charge < -0.3 is 15.4 Å². The van der Waals surface area contributed by atoms with Crippen LogP contribution in [0.1, 0.15) is 11.3 Å². The number of carbonyl (C=O) groups excluding carboxylic acids is 2. The van der Waals surface area contributed by atoms with Crippen LogP contribution in [-0.4, -0.2) is 23.4 Å². The Morgan fingerprint density at radius 2 is 2.19 bits per heavy atom. The van der Waals surface area contributed by atoms with Crippen molar-refractivity contribution in [1.29, 1.82) is 0 Å². The molecule has 0 saturated heterocycles. The highest BCUT2D eigenvalue weighted by atomic mass is 32.1. The van der Waals surface area contributed by atoms with Crippen molar-refractivity contribution in [2.75, 3.05) is 17.2 Å². The standard InChI is InChI=1S/C20H17N3O3S/c1-12-3-2-4-13(7-12)20-22-15(11-27-20)9-18(24)21-14-5-6-17-16(8-14)23-19(25)10-26-17/h2-8,11H,9-10H2,1H3,(H,21,24)(H,23,25). The zero-order valence-corrected chi connectivity index (χ0v) is 15.4. The third-order valence-corrected chi connectivity index (χ3v) is 4.99. The topological polar surface area (TPSA) is 80.3 Å². The zero-order valence-electron chi connectivity index (χ0n) is 14.6. The van der Waals surface area contributed by atoms with Crippen LogP contribution in [0.4, 0.5) is 11.4 Å². The van der Waals surface area contributed by atoms with E-state index in [1.54, 1.807) is 18.2 Å². The lowest BCUT2D eigenvalue weighted by Gasteiger charge is -2.18. The summed E-state index contributed by atoms with van der Waals surface area (Å²) in [5.41, 5.74) is 4.10. The summed E-state index contributed by atoms with van der Waals surface area (Å²) in [5, 5.41) is 8.35. The highest BCUT2D eigenvalue weighted by Crippen LogP contribution is 2.30. The number of thiazole rings is 1. The van der Waals surface area contributed by atoms with Crippen LogP contribution < -0.4 is 15.4 Å². The summed E-state index contributed by atoms with van der Waals surface area (Å²) in [5.74, 6) is 0.214. The number of aromatic nitrogens is 1. The Hall–Kier alpha value is -3.19. The average Bonchev–Trinajstić information content (AvgIpc) is 3.09. The number of nitrogens with one attached hydrogen (secondary N) is 2. The number of benzene rings is 2. The van der Waals surface area contributed by atoms with Gasteiger partial charge in [-0.25, -0.2) is 4.98 Å². The second-order valence-corrected chi connectivity index (χ2v) is 7.14. The lowest BCUT2D eigenvalue weighted by atomic mass is 10.1. The Labute approximate surface area is 160 Å². The van der Waals surface area contributed by atoms with Crippen LogP contribution >= 0.6 is 11.3 Å². The molecule has 0 aliphatic carbocycles. The molecule has 1 aliphatic heterocycles. The van der Waals surface area contributed by atoms with Gasteiger partial charge in [0.2, 0.25) is 5.91 Å². The minimum Gasteiger partial charge on any atom is -0.482 e. The van der Waals surface area contributed by atoms with Crippen molar-refractivity contribution in [3.63, 3.8) is 0 Å². The van der Waals surface area contributed by atoms with E-state index in [9.17, 15) is 9.59 Å². The molecule has 2 N–H and O–H groups in total. The Balaban J connectivity index is 1.43. The summed E-state index contributed by atoms with van der Waals surface area (Å²) in [6, 6.07) is 13.3. The number of aryl methyl sites for hydroxylation is 1. The van der Waals surface area contributed by atoms with E-state index < -0.39 is 0 Å². The molecule has 0 saturated carbocycles. The van der Waals surface area contributed by atoms with Gasteiger partial charge in [-0.1, -0.05) is 23.8 Å². The van der Waals surface area contributed by atoms with Crippen molar-refractivity contribution in [3.8, 4) is 16.3 Å². The first-order valence-corrected chi connectivity index (χ1v) is 9.33. The molecule has 0 radical (unpaired) electrons. The van der Waals surface area contributed by atoms with Crippen LogP contribution in [0.5, 0.6) is 5.75 Å². The van der Waals surface area contributed by atoms with E-state index in [4.69, 9.17) is 4.74 Å². The molecule has 0 unspecified atom stereocenters. The molecule has 7 heteroatoms. The zero-order chi connectivity index (χ0) is 18.8. The summed E-state index contributed by atoms with van der Waals surface area (Å²) < 4.78 is 5.31. The number of hydrogen-bond donors (Lipinski definition) is 2. The molecule has 2 aromatic carbocycles. The van der Waals surface area contributed by atoms with Crippen LogP contribution in [0.2, 0.25) is 0 Å². The van der Waals surface area contributed by atoms with E-state index in [0.29, 0.717) is 17.1 Å². The average molecular weight is 379 g/mol. The summed E-state index contributed by atoms with van der Waals surface area (Å²) in [6.07, 6.45) is 0.183. The second-order valence-electron chi connectivity index (χ2n) is 6.29. The summed E-state index contributed by atoms with van der Waals surface area (Å²) in [7, 11) is 0. The first-order chi connectivity index (χ1) is 13.1. The lowest BCUT2D eigenvalue weighted by molar-refractivity contribution is -0.118. The molecule has 6 nitrogen and oxygen atoms in total. The van der Waals surface area contributed by atoms with Gasteiger partial charge in [-0.15, -0.1) is 11.3 Å². The second kappa shape index (κ2) is 7.20. The molecule has 4 rings (SSSR count). The maximum absolute atomic E-state index is 12.3. The summed E-state index contributed by atoms with van der Waals surface area (Å²) in [6.45, 7) is 2.04. The number of nitrogens with zero attached hydrogens (tertiary/aromatic N) is 1. The van der Waals surface area contributed by atoms with Crippen molar-refractivity contribution in [2.45, 2.75) is 13.3 Å². The highest BCUT2D eigenvalue weighted by Gasteiger charge is 2.17. The molecular weight excluding hydrogens is 362 g/mol. The van der Waals surface area contributed by atoms with Gasteiger partial charge in [0.1, 0.15) is 10.8 Å². The van der Waals surface area contributed by atoms with Crippen LogP contribution in [0, 0.1) is 6.92 Å². The number of fused-ring (bicyclic) bond motifs is 1. The SMILES string of the molecule is Cc1cccc(-c2nc(CC(=O)Nc3ccc4c(c3)NC(=O)CO4)cs2)c1. The van der Waals surface area contributed by atoms with Crippen molar-refractivity contribution < 1.29 is 14.3 Å². The van der Waals surface area contributed by atoms with Gasteiger partial charge in [0, 0.05) is 16.6 Å². The minimum atomic E-state index is -0.211. The fourth-order valence-corrected chi connectivity index (χ4v) is 3.65. The maximum Gasteiger partial charge on any atom is 0.262 e. The molecule has 2 amide bonds. The van der Waals surface area contributed by atoms with Crippen molar-refractivity contribution in [1.82, 2.24) is 4.98 Å². The van der Waals surface area contributed by atoms with Crippen molar-refractivity contribution in [2.24, 2.45) is 0 Å². The molecule has 136 valence electrons. The number of hydrogen-bond acceptors (Lipinski definition) is 5. The van der Waals surface area contributed by atoms with Gasteiger partial charge >= 0.3 is 0 Å². The summed E-state index contributed by atoms with van der Waals surface area (Å²) >= 11 is 1.52. The molecule has 1 aliphatic rings. The highest BCUT2D eigenvalue weighted by molar-refractivity contribution is 7.13. The first kappa shape index (κ1) is 17.2. The van der Waals surface area contributed by atoms with Crippen molar-refractivity contribution in [3.05, 3.63) is 59.1 Å². The maximum atomic E-state index is 12.3. The van der Waals surface area contributed by atoms with Crippen LogP contribution in [-0.2, 0) is 16.0 Å². The Bertz CT molecular complexity index is 1030. The predicted octanol–water partition coefficient (Wildman–Crippen LogP) is 3.63. The van der Waals surface area contributed by atoms with Gasteiger partial charge in [0.25, 0.3) is 5.91 Å². The molecule has 0 spiro atoms. The van der Waals surface area contributed by atoms with Gasteiger partial charge in [-0.3, -0.25) is 9.59 Å². The van der Waals surface area contributed by atoms with Crippen LogP contribution in [0.3, 0.4) is 0 Å². The molecule has 27 heavy (non-hydrogen) atoms. The monoisotopic (exact) mass is 379 g/mol. The molecule has 1 aromatic heterocycles. The van der Waals surface area contributed by atoms with Crippen LogP contribution in [0.25, 0.3) is 10.6 Å². The number of amides is 2. The Morgan fingerprint density at radius 3 is 3.04 bits per heavy atom. The lowest BCUT2D eigenvalue weighted by Crippen LogP contribution is -2.25. The fourth-order valence-electron chi connectivity index (χ4n) is 2.83. The first-order valence-electron chi connectivity index (χ1n) is 8.45. The Kier molecular flexibility index (Phi) is 4.60. The number of anilines is 2. The third kappa shape index (κ3) is 3.98. The van der Waals surface area contributed by atoms with Gasteiger partial charge in [-0.05, 0) is 31.2 Å². The predicted molar refractivity (Wildman–Crippen MR) is 105 cm³/mol. The van der Waals surface area contributed by atoms with Crippen molar-refractivity contribution >= 4 is 34.5 Å². The van der Waals surface area contributed by atoms with E-state index in [-0.39, 0.29) is 24.8 Å². The van der Waals surface area contributed by atoms with Gasteiger partial charge in [0.15, 0.2) is 6.61 Å².